The fourth-order valence-electron chi connectivity index (χ4n) is 1.48. The van der Waals surface area contributed by atoms with Gasteiger partial charge in [-0.2, -0.15) is 0 Å². The van der Waals surface area contributed by atoms with Gasteiger partial charge in [0, 0.05) is 30.7 Å². The van der Waals surface area contributed by atoms with Crippen molar-refractivity contribution < 1.29 is 0 Å². The maximum atomic E-state index is 4.31. The van der Waals surface area contributed by atoms with Crippen molar-refractivity contribution in [2.45, 2.75) is 19.9 Å². The predicted octanol–water partition coefficient (Wildman–Crippen LogP) is 2.04. The van der Waals surface area contributed by atoms with Crippen LogP contribution in [0.2, 0.25) is 0 Å². The number of rotatable bonds is 5. The minimum atomic E-state index is 0.671. The number of hydrogen-bond acceptors (Lipinski definition) is 4. The normalized spacial score (nSPS) is 10.4. The van der Waals surface area contributed by atoms with Crippen molar-refractivity contribution in [1.82, 2.24) is 20.3 Å². The number of pyridine rings is 1. The van der Waals surface area contributed by atoms with Crippen LogP contribution < -0.4 is 5.32 Å². The molecule has 0 aliphatic rings. The van der Waals surface area contributed by atoms with E-state index in [1.54, 1.807) is 6.20 Å². The van der Waals surface area contributed by atoms with Gasteiger partial charge in [0.25, 0.3) is 0 Å². The molecule has 0 fully saturated rings. The average Bonchev–Trinajstić information content (AvgIpc) is 2.41. The second-order valence-corrected chi connectivity index (χ2v) is 3.81. The van der Waals surface area contributed by atoms with E-state index in [0.29, 0.717) is 5.82 Å². The van der Waals surface area contributed by atoms with Crippen LogP contribution in [0.4, 0.5) is 0 Å². The predicted molar refractivity (Wildman–Crippen MR) is 67.3 cm³/mol. The van der Waals surface area contributed by atoms with Gasteiger partial charge < -0.3 is 5.32 Å². The zero-order valence-electron chi connectivity index (χ0n) is 9.93. The van der Waals surface area contributed by atoms with E-state index in [1.807, 2.05) is 30.6 Å². The zero-order chi connectivity index (χ0) is 11.9. The third-order valence-corrected chi connectivity index (χ3v) is 2.36. The Morgan fingerprint density at radius 1 is 1.12 bits per heavy atom. The van der Waals surface area contributed by atoms with Gasteiger partial charge in [0.2, 0.25) is 0 Å². The molecule has 2 rings (SSSR count). The zero-order valence-corrected chi connectivity index (χ0v) is 9.93. The summed E-state index contributed by atoms with van der Waals surface area (Å²) in [5.41, 5.74) is 1.90. The Hall–Kier alpha value is -1.81. The van der Waals surface area contributed by atoms with E-state index in [4.69, 9.17) is 0 Å². The van der Waals surface area contributed by atoms with E-state index < -0.39 is 0 Å². The Balaban J connectivity index is 2.03. The Bertz CT molecular complexity index is 439. The molecular formula is C13H16N4. The molecule has 2 heterocycles. The Morgan fingerprint density at radius 2 is 1.94 bits per heavy atom. The Labute approximate surface area is 101 Å². The minimum absolute atomic E-state index is 0.671. The quantitative estimate of drug-likeness (QED) is 0.796. The molecule has 1 N–H and O–H groups in total. The van der Waals surface area contributed by atoms with E-state index in [2.05, 4.69) is 27.2 Å². The highest BCUT2D eigenvalue weighted by atomic mass is 14.9. The molecule has 0 radical (unpaired) electrons. The van der Waals surface area contributed by atoms with Crippen LogP contribution >= 0.6 is 0 Å². The molecule has 0 saturated heterocycles. The Morgan fingerprint density at radius 3 is 2.59 bits per heavy atom. The van der Waals surface area contributed by atoms with E-state index in [9.17, 15) is 0 Å². The van der Waals surface area contributed by atoms with Crippen LogP contribution in [0.1, 0.15) is 18.9 Å². The molecule has 4 nitrogen and oxygen atoms in total. The van der Waals surface area contributed by atoms with Crippen molar-refractivity contribution in [3.05, 3.63) is 42.4 Å². The van der Waals surface area contributed by atoms with Crippen LogP contribution in [-0.4, -0.2) is 21.5 Å². The number of nitrogens with one attached hydrogen (secondary N) is 1. The second kappa shape index (κ2) is 6.06. The highest BCUT2D eigenvalue weighted by Gasteiger charge is 2.01. The first-order chi connectivity index (χ1) is 8.40. The SMILES string of the molecule is CCCNCc1cnc(-c2ccccn2)nc1. The third-order valence-electron chi connectivity index (χ3n) is 2.36. The summed E-state index contributed by atoms with van der Waals surface area (Å²) in [7, 11) is 0. The van der Waals surface area contributed by atoms with Gasteiger partial charge >= 0.3 is 0 Å². The monoisotopic (exact) mass is 228 g/mol. The van der Waals surface area contributed by atoms with Gasteiger partial charge in [0.15, 0.2) is 5.82 Å². The molecule has 0 unspecified atom stereocenters. The van der Waals surface area contributed by atoms with Crippen LogP contribution in [0.3, 0.4) is 0 Å². The Kier molecular flexibility index (Phi) is 4.16. The molecule has 0 bridgehead atoms. The van der Waals surface area contributed by atoms with Crippen LogP contribution in [-0.2, 0) is 6.54 Å². The van der Waals surface area contributed by atoms with Gasteiger partial charge in [-0.15, -0.1) is 0 Å². The van der Waals surface area contributed by atoms with Crippen molar-refractivity contribution in [2.75, 3.05) is 6.54 Å². The van der Waals surface area contributed by atoms with Crippen molar-refractivity contribution in [3.8, 4) is 11.5 Å². The lowest BCUT2D eigenvalue weighted by Crippen LogP contribution is -2.14. The minimum Gasteiger partial charge on any atom is -0.313 e. The van der Waals surface area contributed by atoms with Crippen molar-refractivity contribution in [1.29, 1.82) is 0 Å². The van der Waals surface area contributed by atoms with Crippen molar-refractivity contribution in [2.24, 2.45) is 0 Å². The molecule has 0 aliphatic heterocycles. The molecule has 0 saturated carbocycles. The average molecular weight is 228 g/mol. The van der Waals surface area contributed by atoms with Crippen LogP contribution in [0.25, 0.3) is 11.5 Å². The largest absolute Gasteiger partial charge is 0.313 e. The van der Waals surface area contributed by atoms with Gasteiger partial charge in [-0.3, -0.25) is 4.98 Å². The second-order valence-electron chi connectivity index (χ2n) is 3.81. The summed E-state index contributed by atoms with van der Waals surface area (Å²) in [5.74, 6) is 0.671. The topological polar surface area (TPSA) is 50.7 Å². The summed E-state index contributed by atoms with van der Waals surface area (Å²) < 4.78 is 0. The molecule has 17 heavy (non-hydrogen) atoms. The number of nitrogens with zero attached hydrogens (tertiary/aromatic N) is 3. The van der Waals surface area contributed by atoms with Crippen LogP contribution in [0.15, 0.2) is 36.8 Å². The lowest BCUT2D eigenvalue weighted by molar-refractivity contribution is 0.672. The van der Waals surface area contributed by atoms with Gasteiger partial charge in [-0.1, -0.05) is 13.0 Å². The fourth-order valence-corrected chi connectivity index (χ4v) is 1.48. The molecule has 88 valence electrons. The smallest absolute Gasteiger partial charge is 0.178 e. The van der Waals surface area contributed by atoms with Gasteiger partial charge in [0.05, 0.1) is 0 Å². The number of aromatic nitrogens is 3. The standard InChI is InChI=1S/C13H16N4/c1-2-6-14-8-11-9-16-13(17-10-11)12-5-3-4-7-15-12/h3-5,7,9-10,14H,2,6,8H2,1H3. The van der Waals surface area contributed by atoms with E-state index in [-0.39, 0.29) is 0 Å². The summed E-state index contributed by atoms with van der Waals surface area (Å²) in [5, 5.41) is 3.31. The van der Waals surface area contributed by atoms with Crippen LogP contribution in [0, 0.1) is 0 Å². The molecule has 0 spiro atoms. The van der Waals surface area contributed by atoms with Gasteiger partial charge in [0.1, 0.15) is 5.69 Å². The van der Waals surface area contributed by atoms with E-state index in [1.165, 1.54) is 0 Å². The molecule has 0 atom stereocenters. The lowest BCUT2D eigenvalue weighted by Gasteiger charge is -2.03. The molecule has 2 aromatic rings. The van der Waals surface area contributed by atoms with E-state index in [0.717, 1.165) is 30.8 Å². The highest BCUT2D eigenvalue weighted by Crippen LogP contribution is 2.09. The fraction of sp³-hybridized carbons (Fsp3) is 0.308. The summed E-state index contributed by atoms with van der Waals surface area (Å²) >= 11 is 0. The summed E-state index contributed by atoms with van der Waals surface area (Å²) in [6.45, 7) is 3.98. The molecule has 4 heteroatoms. The summed E-state index contributed by atoms with van der Waals surface area (Å²) in [4.78, 5) is 12.8. The van der Waals surface area contributed by atoms with Crippen molar-refractivity contribution >= 4 is 0 Å². The first kappa shape index (κ1) is 11.7. The first-order valence-corrected chi connectivity index (χ1v) is 5.83. The first-order valence-electron chi connectivity index (χ1n) is 5.83. The van der Waals surface area contributed by atoms with Crippen molar-refractivity contribution in [3.63, 3.8) is 0 Å². The lowest BCUT2D eigenvalue weighted by atomic mass is 10.3. The summed E-state index contributed by atoms with van der Waals surface area (Å²) in [6, 6.07) is 5.72. The maximum Gasteiger partial charge on any atom is 0.178 e. The summed E-state index contributed by atoms with van der Waals surface area (Å²) in [6.07, 6.45) is 6.57. The van der Waals surface area contributed by atoms with Gasteiger partial charge in [-0.25, -0.2) is 9.97 Å². The van der Waals surface area contributed by atoms with Gasteiger partial charge in [-0.05, 0) is 25.1 Å². The van der Waals surface area contributed by atoms with Crippen LogP contribution in [0.5, 0.6) is 0 Å². The molecule has 0 amide bonds. The maximum absolute atomic E-state index is 4.31. The third kappa shape index (κ3) is 3.32. The van der Waals surface area contributed by atoms with E-state index >= 15 is 0 Å². The number of hydrogen-bond donors (Lipinski definition) is 1. The highest BCUT2D eigenvalue weighted by molar-refractivity contribution is 5.47. The molecular weight excluding hydrogens is 212 g/mol. The molecule has 0 aromatic carbocycles. The molecule has 2 aromatic heterocycles. The molecule has 0 aliphatic carbocycles.